The number of hydrogen-bond donors (Lipinski definition) is 1. The molecule has 0 bridgehead atoms. The molecule has 1 amide bonds. The molecule has 0 unspecified atom stereocenters. The lowest BCUT2D eigenvalue weighted by atomic mass is 10.2. The van der Waals surface area contributed by atoms with Crippen LogP contribution >= 0.6 is 11.6 Å². The van der Waals surface area contributed by atoms with Crippen molar-refractivity contribution in [2.24, 2.45) is 0 Å². The number of para-hydroxylation sites is 1. The minimum absolute atomic E-state index is 0.310. The SMILES string of the molecule is Cc1ccc(NC(=O)COC(=O)c2cnn(-c3ccccc3)c2C)cc1Cl. The van der Waals surface area contributed by atoms with Gasteiger partial charge in [0.05, 0.1) is 17.6 Å². The summed E-state index contributed by atoms with van der Waals surface area (Å²) in [6.45, 7) is 3.24. The predicted molar refractivity (Wildman–Crippen MR) is 103 cm³/mol. The van der Waals surface area contributed by atoms with Crippen LogP contribution in [0, 0.1) is 13.8 Å². The van der Waals surface area contributed by atoms with Gasteiger partial charge in [0.25, 0.3) is 5.91 Å². The fraction of sp³-hybridized carbons (Fsp3) is 0.150. The van der Waals surface area contributed by atoms with Crippen LogP contribution in [0.25, 0.3) is 5.69 Å². The van der Waals surface area contributed by atoms with Gasteiger partial charge in [-0.2, -0.15) is 5.10 Å². The summed E-state index contributed by atoms with van der Waals surface area (Å²) in [7, 11) is 0. The normalized spacial score (nSPS) is 10.5. The van der Waals surface area contributed by atoms with Crippen molar-refractivity contribution in [1.29, 1.82) is 0 Å². The van der Waals surface area contributed by atoms with Gasteiger partial charge in [0.15, 0.2) is 6.61 Å². The van der Waals surface area contributed by atoms with E-state index in [1.807, 2.05) is 37.3 Å². The van der Waals surface area contributed by atoms with Crippen LogP contribution in [0.5, 0.6) is 0 Å². The zero-order valence-corrected chi connectivity index (χ0v) is 15.7. The number of halogens is 1. The zero-order valence-electron chi connectivity index (χ0n) is 14.9. The summed E-state index contributed by atoms with van der Waals surface area (Å²) in [5, 5.41) is 7.41. The number of rotatable bonds is 5. The Morgan fingerprint density at radius 3 is 2.59 bits per heavy atom. The van der Waals surface area contributed by atoms with Crippen LogP contribution in [0.15, 0.2) is 54.7 Å². The highest BCUT2D eigenvalue weighted by molar-refractivity contribution is 6.31. The summed E-state index contributed by atoms with van der Waals surface area (Å²) in [6.07, 6.45) is 1.43. The summed E-state index contributed by atoms with van der Waals surface area (Å²) >= 11 is 6.03. The van der Waals surface area contributed by atoms with Gasteiger partial charge in [0.2, 0.25) is 0 Å². The monoisotopic (exact) mass is 383 g/mol. The molecule has 0 radical (unpaired) electrons. The lowest BCUT2D eigenvalue weighted by molar-refractivity contribution is -0.119. The fourth-order valence-corrected chi connectivity index (χ4v) is 2.70. The van der Waals surface area contributed by atoms with Gasteiger partial charge >= 0.3 is 5.97 Å². The second-order valence-electron chi connectivity index (χ2n) is 5.98. The molecule has 0 saturated heterocycles. The van der Waals surface area contributed by atoms with Gasteiger partial charge in [-0.1, -0.05) is 35.9 Å². The molecule has 1 N–H and O–H groups in total. The topological polar surface area (TPSA) is 73.2 Å². The van der Waals surface area contributed by atoms with Crippen LogP contribution < -0.4 is 5.32 Å². The molecule has 2 aromatic carbocycles. The van der Waals surface area contributed by atoms with Crippen molar-refractivity contribution in [3.05, 3.63) is 76.6 Å². The van der Waals surface area contributed by atoms with Crippen molar-refractivity contribution in [1.82, 2.24) is 9.78 Å². The Hall–Kier alpha value is -3.12. The van der Waals surface area contributed by atoms with Crippen LogP contribution in [-0.2, 0) is 9.53 Å². The average molecular weight is 384 g/mol. The first-order chi connectivity index (χ1) is 13.0. The predicted octanol–water partition coefficient (Wildman–Crippen LogP) is 3.94. The largest absolute Gasteiger partial charge is 0.452 e. The van der Waals surface area contributed by atoms with Gasteiger partial charge in [-0.15, -0.1) is 0 Å². The molecule has 1 heterocycles. The van der Waals surface area contributed by atoms with Gasteiger partial charge in [0.1, 0.15) is 5.56 Å². The average Bonchev–Trinajstić information content (AvgIpc) is 3.05. The van der Waals surface area contributed by atoms with E-state index in [0.717, 1.165) is 11.3 Å². The third-order valence-corrected chi connectivity index (χ3v) is 4.43. The van der Waals surface area contributed by atoms with E-state index in [2.05, 4.69) is 10.4 Å². The number of aryl methyl sites for hydroxylation is 1. The number of carbonyl (C=O) groups is 2. The first-order valence-corrected chi connectivity index (χ1v) is 8.66. The Balaban J connectivity index is 1.61. The van der Waals surface area contributed by atoms with Gasteiger partial charge < -0.3 is 10.1 Å². The van der Waals surface area contributed by atoms with Crippen LogP contribution in [0.4, 0.5) is 5.69 Å². The molecule has 0 aliphatic carbocycles. The molecule has 0 atom stereocenters. The van der Waals surface area contributed by atoms with E-state index in [1.54, 1.807) is 29.8 Å². The van der Waals surface area contributed by atoms with Gasteiger partial charge in [-0.05, 0) is 43.7 Å². The summed E-state index contributed by atoms with van der Waals surface area (Å²) in [5.74, 6) is -1.05. The Bertz CT molecular complexity index is 983. The van der Waals surface area contributed by atoms with Crippen LogP contribution in [0.3, 0.4) is 0 Å². The van der Waals surface area contributed by atoms with Crippen LogP contribution in [0.1, 0.15) is 21.6 Å². The summed E-state index contributed by atoms with van der Waals surface area (Å²) < 4.78 is 6.75. The fourth-order valence-electron chi connectivity index (χ4n) is 2.52. The Morgan fingerprint density at radius 1 is 1.15 bits per heavy atom. The number of nitrogens with zero attached hydrogens (tertiary/aromatic N) is 2. The third-order valence-electron chi connectivity index (χ3n) is 4.02. The molecule has 27 heavy (non-hydrogen) atoms. The van der Waals surface area contributed by atoms with Crippen molar-refractivity contribution in [3.8, 4) is 5.69 Å². The van der Waals surface area contributed by atoms with Gasteiger partial charge in [-0.25, -0.2) is 9.48 Å². The van der Waals surface area contributed by atoms with Gasteiger partial charge in [-0.3, -0.25) is 4.79 Å². The number of aromatic nitrogens is 2. The molecular weight excluding hydrogens is 366 g/mol. The van der Waals surface area contributed by atoms with Crippen LogP contribution in [0.2, 0.25) is 5.02 Å². The highest BCUT2D eigenvalue weighted by Gasteiger charge is 2.17. The molecule has 0 fully saturated rings. The molecule has 0 aliphatic rings. The third kappa shape index (κ3) is 4.35. The number of amides is 1. The maximum Gasteiger partial charge on any atom is 0.342 e. The number of hydrogen-bond acceptors (Lipinski definition) is 4. The first-order valence-electron chi connectivity index (χ1n) is 8.29. The number of benzene rings is 2. The summed E-state index contributed by atoms with van der Waals surface area (Å²) in [4.78, 5) is 24.3. The van der Waals surface area contributed by atoms with Crippen LogP contribution in [-0.4, -0.2) is 28.3 Å². The quantitative estimate of drug-likeness (QED) is 0.677. The van der Waals surface area contributed by atoms with E-state index in [-0.39, 0.29) is 0 Å². The van der Waals surface area contributed by atoms with Crippen molar-refractivity contribution in [3.63, 3.8) is 0 Å². The molecule has 0 aliphatic heterocycles. The lowest BCUT2D eigenvalue weighted by Gasteiger charge is -2.08. The number of nitrogens with one attached hydrogen (secondary N) is 1. The zero-order chi connectivity index (χ0) is 19.4. The van der Waals surface area contributed by atoms with Crippen molar-refractivity contribution < 1.29 is 14.3 Å². The molecule has 0 saturated carbocycles. The number of esters is 1. The molecule has 0 spiro atoms. The summed E-state index contributed by atoms with van der Waals surface area (Å²) in [6, 6.07) is 14.6. The minimum atomic E-state index is -0.605. The molecule has 138 valence electrons. The number of anilines is 1. The van der Waals surface area contributed by atoms with E-state index in [4.69, 9.17) is 16.3 Å². The van der Waals surface area contributed by atoms with E-state index >= 15 is 0 Å². The Kier molecular flexibility index (Phi) is 5.57. The standard InChI is InChI=1S/C20H18ClN3O3/c1-13-8-9-15(10-18(13)21)23-19(25)12-27-20(26)17-11-22-24(14(17)2)16-6-4-3-5-7-16/h3-11H,12H2,1-2H3,(H,23,25). The van der Waals surface area contributed by atoms with E-state index in [1.165, 1.54) is 6.20 Å². The smallest absolute Gasteiger partial charge is 0.342 e. The molecule has 6 nitrogen and oxygen atoms in total. The number of ether oxygens (including phenoxy) is 1. The Labute approximate surface area is 161 Å². The maximum atomic E-state index is 12.3. The molecule has 3 aromatic rings. The lowest BCUT2D eigenvalue weighted by Crippen LogP contribution is -2.21. The second kappa shape index (κ2) is 8.05. The van der Waals surface area contributed by atoms with Crippen molar-refractivity contribution in [2.75, 3.05) is 11.9 Å². The highest BCUT2D eigenvalue weighted by Crippen LogP contribution is 2.20. The molecular formula is C20H18ClN3O3. The second-order valence-corrected chi connectivity index (χ2v) is 6.39. The van der Waals surface area contributed by atoms with E-state index in [9.17, 15) is 9.59 Å². The first kappa shape index (κ1) is 18.7. The highest BCUT2D eigenvalue weighted by atomic mass is 35.5. The van der Waals surface area contributed by atoms with E-state index in [0.29, 0.717) is 22.0 Å². The van der Waals surface area contributed by atoms with Gasteiger partial charge in [0, 0.05) is 10.7 Å². The molecule has 3 rings (SSSR count). The maximum absolute atomic E-state index is 12.3. The van der Waals surface area contributed by atoms with Crippen molar-refractivity contribution in [2.45, 2.75) is 13.8 Å². The Morgan fingerprint density at radius 2 is 1.89 bits per heavy atom. The van der Waals surface area contributed by atoms with Crippen molar-refractivity contribution >= 4 is 29.2 Å². The summed E-state index contributed by atoms with van der Waals surface area (Å²) in [5.41, 5.74) is 3.23. The van der Waals surface area contributed by atoms with E-state index < -0.39 is 18.5 Å². The number of carbonyl (C=O) groups excluding carboxylic acids is 2. The minimum Gasteiger partial charge on any atom is -0.452 e. The molecule has 1 aromatic heterocycles. The molecule has 7 heteroatoms.